The van der Waals surface area contributed by atoms with Gasteiger partial charge in [0.2, 0.25) is 0 Å². The van der Waals surface area contributed by atoms with Crippen LogP contribution in [0.25, 0.3) is 5.76 Å². The van der Waals surface area contributed by atoms with E-state index in [1.807, 2.05) is 24.3 Å². The van der Waals surface area contributed by atoms with Gasteiger partial charge in [-0.3, -0.25) is 14.6 Å². The summed E-state index contributed by atoms with van der Waals surface area (Å²) in [5.74, 6) is -0.980. The first kappa shape index (κ1) is 23.7. The molecule has 0 radical (unpaired) electrons. The van der Waals surface area contributed by atoms with Crippen molar-refractivity contribution in [3.63, 3.8) is 0 Å². The molecular weight excluding hydrogens is 496 g/mol. The fourth-order valence-corrected chi connectivity index (χ4v) is 4.21. The predicted molar refractivity (Wildman–Crippen MR) is 133 cm³/mol. The molecule has 0 spiro atoms. The van der Waals surface area contributed by atoms with Crippen molar-refractivity contribution in [3.05, 3.63) is 99.8 Å². The first-order chi connectivity index (χ1) is 16.5. The highest BCUT2D eigenvalue weighted by atomic mass is 79.9. The van der Waals surface area contributed by atoms with E-state index in [1.54, 1.807) is 48.8 Å². The monoisotopic (exact) mass is 520 g/mol. The smallest absolute Gasteiger partial charge is 0.295 e. The van der Waals surface area contributed by atoms with Crippen molar-refractivity contribution >= 4 is 33.4 Å². The lowest BCUT2D eigenvalue weighted by Crippen LogP contribution is -2.29. The number of benzene rings is 2. The number of hydrogen-bond acceptors (Lipinski definition) is 5. The number of aromatic nitrogens is 1. The molecule has 0 saturated carbocycles. The van der Waals surface area contributed by atoms with E-state index < -0.39 is 17.7 Å². The minimum Gasteiger partial charge on any atom is -0.507 e. The van der Waals surface area contributed by atoms with Gasteiger partial charge in [-0.25, -0.2) is 0 Å². The molecule has 2 heterocycles. The first-order valence-corrected chi connectivity index (χ1v) is 11.9. The summed E-state index contributed by atoms with van der Waals surface area (Å²) in [5, 5.41) is 11.3. The second-order valence-electron chi connectivity index (χ2n) is 8.06. The van der Waals surface area contributed by atoms with Gasteiger partial charge in [-0.1, -0.05) is 53.5 Å². The quantitative estimate of drug-likeness (QED) is 0.180. The van der Waals surface area contributed by atoms with Crippen LogP contribution in [0.2, 0.25) is 0 Å². The van der Waals surface area contributed by atoms with E-state index in [2.05, 4.69) is 27.8 Å². The highest BCUT2D eigenvalue weighted by Crippen LogP contribution is 2.40. The number of pyridine rings is 1. The van der Waals surface area contributed by atoms with Crippen LogP contribution < -0.4 is 4.74 Å². The van der Waals surface area contributed by atoms with Crippen LogP contribution in [0.5, 0.6) is 5.75 Å². The molecule has 3 aromatic rings. The van der Waals surface area contributed by atoms with Gasteiger partial charge in [0.25, 0.3) is 11.7 Å². The highest BCUT2D eigenvalue weighted by molar-refractivity contribution is 9.10. The lowest BCUT2D eigenvalue weighted by atomic mass is 9.95. The van der Waals surface area contributed by atoms with Crippen LogP contribution in [0.3, 0.4) is 0 Å². The topological polar surface area (TPSA) is 79.7 Å². The SMILES string of the molecule is CCCCOc1cccc(/C(O)=C2\C(=O)C(=O)N(Cc3ccncc3)C2c2ccc(Br)cc2)c1. The number of Topliss-reactive ketones (excluding diaryl/α,β-unsaturated/α-hetero) is 1. The van der Waals surface area contributed by atoms with E-state index in [0.29, 0.717) is 17.9 Å². The first-order valence-electron chi connectivity index (χ1n) is 11.2. The summed E-state index contributed by atoms with van der Waals surface area (Å²) in [4.78, 5) is 31.9. The zero-order valence-corrected chi connectivity index (χ0v) is 20.4. The van der Waals surface area contributed by atoms with E-state index in [9.17, 15) is 14.7 Å². The Hall–Kier alpha value is -3.45. The molecular formula is C27H25BrN2O4. The van der Waals surface area contributed by atoms with Crippen molar-refractivity contribution in [2.45, 2.75) is 32.4 Å². The Kier molecular flexibility index (Phi) is 7.43. The number of aliphatic hydroxyl groups is 1. The number of carbonyl (C=O) groups excluding carboxylic acids is 2. The van der Waals surface area contributed by atoms with Crippen LogP contribution in [0.1, 0.15) is 42.5 Å². The lowest BCUT2D eigenvalue weighted by molar-refractivity contribution is -0.140. The van der Waals surface area contributed by atoms with Gasteiger partial charge in [0.1, 0.15) is 11.5 Å². The number of carbonyl (C=O) groups is 2. The van der Waals surface area contributed by atoms with Crippen molar-refractivity contribution in [1.82, 2.24) is 9.88 Å². The molecule has 1 aliphatic rings. The van der Waals surface area contributed by atoms with Crippen LogP contribution >= 0.6 is 15.9 Å². The molecule has 1 atom stereocenters. The number of nitrogens with zero attached hydrogens (tertiary/aromatic N) is 2. The Labute approximate surface area is 207 Å². The predicted octanol–water partition coefficient (Wildman–Crippen LogP) is 5.64. The Bertz CT molecular complexity index is 1210. The van der Waals surface area contributed by atoms with Crippen molar-refractivity contribution in [2.75, 3.05) is 6.61 Å². The zero-order valence-electron chi connectivity index (χ0n) is 18.8. The number of amides is 1. The summed E-state index contributed by atoms with van der Waals surface area (Å²) in [7, 11) is 0. The van der Waals surface area contributed by atoms with E-state index in [1.165, 1.54) is 4.90 Å². The van der Waals surface area contributed by atoms with Gasteiger partial charge in [-0.05, 0) is 53.9 Å². The normalized spacial score (nSPS) is 17.2. The van der Waals surface area contributed by atoms with Crippen LogP contribution in [0, 0.1) is 0 Å². The Morgan fingerprint density at radius 2 is 1.82 bits per heavy atom. The van der Waals surface area contributed by atoms with E-state index >= 15 is 0 Å². The second kappa shape index (κ2) is 10.7. The van der Waals surface area contributed by atoms with Gasteiger partial charge in [0, 0.05) is 29.0 Å². The van der Waals surface area contributed by atoms with Gasteiger partial charge < -0.3 is 14.7 Å². The van der Waals surface area contributed by atoms with E-state index in [4.69, 9.17) is 4.74 Å². The van der Waals surface area contributed by atoms with Gasteiger partial charge in [-0.2, -0.15) is 0 Å². The molecule has 1 amide bonds. The maximum atomic E-state index is 13.2. The average Bonchev–Trinajstić information content (AvgIpc) is 3.10. The number of hydrogen-bond donors (Lipinski definition) is 1. The number of unbranched alkanes of at least 4 members (excludes halogenated alkanes) is 1. The number of likely N-dealkylation sites (tertiary alicyclic amines) is 1. The molecule has 1 unspecified atom stereocenters. The number of rotatable bonds is 8. The van der Waals surface area contributed by atoms with Crippen molar-refractivity contribution in [1.29, 1.82) is 0 Å². The summed E-state index contributed by atoms with van der Waals surface area (Å²) < 4.78 is 6.64. The summed E-state index contributed by atoms with van der Waals surface area (Å²) in [5.41, 5.74) is 2.06. The molecule has 6 nitrogen and oxygen atoms in total. The molecule has 0 bridgehead atoms. The van der Waals surface area contributed by atoms with Gasteiger partial charge in [0.15, 0.2) is 0 Å². The molecule has 1 aliphatic heterocycles. The van der Waals surface area contributed by atoms with Crippen LogP contribution in [0.4, 0.5) is 0 Å². The number of aliphatic hydroxyl groups excluding tert-OH is 1. The fraction of sp³-hybridized carbons (Fsp3) is 0.222. The van der Waals surface area contributed by atoms with E-state index in [-0.39, 0.29) is 17.9 Å². The van der Waals surface area contributed by atoms with E-state index in [0.717, 1.165) is 28.4 Å². The van der Waals surface area contributed by atoms with Gasteiger partial charge in [-0.15, -0.1) is 0 Å². The van der Waals surface area contributed by atoms with Gasteiger partial charge in [0.05, 0.1) is 18.2 Å². The van der Waals surface area contributed by atoms with Crippen LogP contribution in [-0.4, -0.2) is 33.3 Å². The molecule has 1 fully saturated rings. The summed E-state index contributed by atoms with van der Waals surface area (Å²) >= 11 is 3.43. The molecule has 2 aromatic carbocycles. The fourth-order valence-electron chi connectivity index (χ4n) is 3.94. The number of ether oxygens (including phenoxy) is 1. The minimum atomic E-state index is -0.731. The molecule has 174 valence electrons. The number of ketones is 1. The van der Waals surface area contributed by atoms with Crippen molar-refractivity contribution in [3.8, 4) is 5.75 Å². The van der Waals surface area contributed by atoms with Crippen LogP contribution in [-0.2, 0) is 16.1 Å². The zero-order chi connectivity index (χ0) is 24.1. The molecule has 1 N–H and O–H groups in total. The Morgan fingerprint density at radius 3 is 2.53 bits per heavy atom. The van der Waals surface area contributed by atoms with Crippen molar-refractivity contribution in [2.24, 2.45) is 0 Å². The summed E-state index contributed by atoms with van der Waals surface area (Å²) in [6, 6.07) is 17.2. The molecule has 1 aromatic heterocycles. The Balaban J connectivity index is 1.78. The van der Waals surface area contributed by atoms with Crippen LogP contribution in [0.15, 0.2) is 83.1 Å². The van der Waals surface area contributed by atoms with Gasteiger partial charge >= 0.3 is 0 Å². The lowest BCUT2D eigenvalue weighted by Gasteiger charge is -2.25. The third-order valence-corrected chi connectivity index (χ3v) is 6.23. The molecule has 34 heavy (non-hydrogen) atoms. The second-order valence-corrected chi connectivity index (χ2v) is 8.98. The maximum absolute atomic E-state index is 13.2. The molecule has 0 aliphatic carbocycles. The average molecular weight is 521 g/mol. The highest BCUT2D eigenvalue weighted by Gasteiger charge is 2.46. The van der Waals surface area contributed by atoms with Crippen molar-refractivity contribution < 1.29 is 19.4 Å². The largest absolute Gasteiger partial charge is 0.507 e. The molecule has 7 heteroatoms. The molecule has 4 rings (SSSR count). The maximum Gasteiger partial charge on any atom is 0.295 e. The minimum absolute atomic E-state index is 0.0621. The summed E-state index contributed by atoms with van der Waals surface area (Å²) in [6.45, 7) is 2.86. The molecule has 1 saturated heterocycles. The third-order valence-electron chi connectivity index (χ3n) is 5.70. The third kappa shape index (κ3) is 5.04. The summed E-state index contributed by atoms with van der Waals surface area (Å²) in [6.07, 6.45) is 5.21. The number of halogens is 1. The Morgan fingerprint density at radius 1 is 1.09 bits per heavy atom. The standard InChI is InChI=1S/C27H25BrN2O4/c1-2-3-15-34-22-6-4-5-20(16-22)25(31)23-24(19-7-9-21(28)10-8-19)30(27(33)26(23)32)17-18-11-13-29-14-12-18/h4-14,16,24,31H,2-3,15,17H2,1H3/b25-23+.